The normalized spacial score (nSPS) is 16.4. The Morgan fingerprint density at radius 1 is 1.40 bits per heavy atom. The van der Waals surface area contributed by atoms with Gasteiger partial charge >= 0.3 is 0 Å². The first-order chi connectivity index (χ1) is 7.34. The summed E-state index contributed by atoms with van der Waals surface area (Å²) in [5.41, 5.74) is 0.573. The van der Waals surface area contributed by atoms with Crippen LogP contribution >= 0.6 is 11.3 Å². The Bertz CT molecular complexity index is 467. The van der Waals surface area contributed by atoms with Gasteiger partial charge in [0, 0.05) is 30.9 Å². The quantitative estimate of drug-likeness (QED) is 0.734. The van der Waals surface area contributed by atoms with Gasteiger partial charge in [0.2, 0.25) is 0 Å². The van der Waals surface area contributed by atoms with E-state index in [1.807, 2.05) is 27.1 Å². The van der Waals surface area contributed by atoms with Gasteiger partial charge in [-0.15, -0.1) is 11.3 Å². The summed E-state index contributed by atoms with van der Waals surface area (Å²) in [6, 6.07) is 0. The Kier molecular flexibility index (Phi) is 1.98. The minimum Gasteiger partial charge on any atom is -0.337 e. The number of hydrogen-bond donors (Lipinski definition) is 0. The van der Waals surface area contributed by atoms with Crippen LogP contribution in [0.5, 0.6) is 0 Å². The fraction of sp³-hybridized carbons (Fsp3) is 0.400. The van der Waals surface area contributed by atoms with Crippen molar-refractivity contribution < 1.29 is 4.79 Å². The molecule has 0 saturated carbocycles. The highest BCUT2D eigenvalue weighted by atomic mass is 32.1. The SMILES string of the molecule is O=C(c1cn2ccsc2n1)N1CCCC1. The first kappa shape index (κ1) is 8.91. The van der Waals surface area contributed by atoms with E-state index in [0.29, 0.717) is 5.69 Å². The van der Waals surface area contributed by atoms with Crippen molar-refractivity contribution in [3.8, 4) is 0 Å². The van der Waals surface area contributed by atoms with E-state index in [4.69, 9.17) is 0 Å². The zero-order valence-electron chi connectivity index (χ0n) is 8.22. The Balaban J connectivity index is 1.92. The van der Waals surface area contributed by atoms with Gasteiger partial charge in [-0.05, 0) is 12.8 Å². The van der Waals surface area contributed by atoms with Gasteiger partial charge in [-0.2, -0.15) is 0 Å². The lowest BCUT2D eigenvalue weighted by atomic mass is 10.4. The van der Waals surface area contributed by atoms with E-state index in [1.54, 1.807) is 11.3 Å². The maximum Gasteiger partial charge on any atom is 0.274 e. The van der Waals surface area contributed by atoms with Crippen LogP contribution in [0, 0.1) is 0 Å². The summed E-state index contributed by atoms with van der Waals surface area (Å²) in [5, 5.41) is 1.96. The molecule has 15 heavy (non-hydrogen) atoms. The molecule has 2 aromatic heterocycles. The third-order valence-corrected chi connectivity index (χ3v) is 3.48. The molecule has 1 saturated heterocycles. The Morgan fingerprint density at radius 3 is 2.93 bits per heavy atom. The second-order valence-electron chi connectivity index (χ2n) is 3.72. The number of carbonyl (C=O) groups is 1. The molecule has 0 bridgehead atoms. The number of amides is 1. The van der Waals surface area contributed by atoms with Crippen LogP contribution in [0.3, 0.4) is 0 Å². The summed E-state index contributed by atoms with van der Waals surface area (Å²) in [6.07, 6.45) is 5.97. The molecule has 0 aromatic carbocycles. The second kappa shape index (κ2) is 3.34. The van der Waals surface area contributed by atoms with Crippen molar-refractivity contribution in [2.45, 2.75) is 12.8 Å². The molecule has 1 fully saturated rings. The fourth-order valence-corrected chi connectivity index (χ4v) is 2.61. The third kappa shape index (κ3) is 1.43. The number of carbonyl (C=O) groups excluding carboxylic acids is 1. The Hall–Kier alpha value is -1.36. The monoisotopic (exact) mass is 221 g/mol. The second-order valence-corrected chi connectivity index (χ2v) is 4.59. The summed E-state index contributed by atoms with van der Waals surface area (Å²) >= 11 is 1.55. The number of fused-ring (bicyclic) bond motifs is 1. The van der Waals surface area contributed by atoms with Crippen molar-refractivity contribution in [3.05, 3.63) is 23.5 Å². The molecule has 0 spiro atoms. The molecule has 2 aromatic rings. The largest absolute Gasteiger partial charge is 0.337 e. The van der Waals surface area contributed by atoms with E-state index in [-0.39, 0.29) is 5.91 Å². The number of thiazole rings is 1. The first-order valence-electron chi connectivity index (χ1n) is 5.06. The highest BCUT2D eigenvalue weighted by Gasteiger charge is 2.21. The van der Waals surface area contributed by atoms with Crippen molar-refractivity contribution in [2.24, 2.45) is 0 Å². The van der Waals surface area contributed by atoms with Crippen molar-refractivity contribution in [1.29, 1.82) is 0 Å². The van der Waals surface area contributed by atoms with Crippen LogP contribution in [0.15, 0.2) is 17.8 Å². The predicted octanol–water partition coefficient (Wildman–Crippen LogP) is 1.63. The minimum absolute atomic E-state index is 0.0726. The lowest BCUT2D eigenvalue weighted by Gasteiger charge is -2.12. The maximum atomic E-state index is 12.0. The number of aromatic nitrogens is 2. The van der Waals surface area contributed by atoms with Crippen molar-refractivity contribution in [1.82, 2.24) is 14.3 Å². The molecule has 78 valence electrons. The zero-order chi connectivity index (χ0) is 10.3. The Morgan fingerprint density at radius 2 is 2.20 bits per heavy atom. The molecule has 4 nitrogen and oxygen atoms in total. The van der Waals surface area contributed by atoms with E-state index >= 15 is 0 Å². The molecule has 3 rings (SSSR count). The standard InChI is InChI=1S/C10H11N3OS/c14-9(12-3-1-2-4-12)8-7-13-5-6-15-10(13)11-8/h5-7H,1-4H2. The van der Waals surface area contributed by atoms with Gasteiger partial charge in [0.25, 0.3) is 5.91 Å². The summed E-state index contributed by atoms with van der Waals surface area (Å²) in [5.74, 6) is 0.0726. The van der Waals surface area contributed by atoms with Crippen LogP contribution in [0.4, 0.5) is 0 Å². The fourth-order valence-electron chi connectivity index (χ4n) is 1.91. The van der Waals surface area contributed by atoms with Gasteiger partial charge in [-0.1, -0.05) is 0 Å². The van der Waals surface area contributed by atoms with Crippen LogP contribution < -0.4 is 0 Å². The molecule has 5 heteroatoms. The van der Waals surface area contributed by atoms with Crippen LogP contribution in [-0.2, 0) is 0 Å². The van der Waals surface area contributed by atoms with Gasteiger partial charge in [0.1, 0.15) is 5.69 Å². The third-order valence-electron chi connectivity index (χ3n) is 2.71. The lowest BCUT2D eigenvalue weighted by molar-refractivity contribution is 0.0788. The van der Waals surface area contributed by atoms with E-state index in [0.717, 1.165) is 30.9 Å². The van der Waals surface area contributed by atoms with Gasteiger partial charge in [0.05, 0.1) is 0 Å². The average Bonchev–Trinajstić information content (AvgIpc) is 2.92. The van der Waals surface area contributed by atoms with Gasteiger partial charge < -0.3 is 4.90 Å². The van der Waals surface area contributed by atoms with Crippen LogP contribution in [-0.4, -0.2) is 33.3 Å². The summed E-state index contributed by atoms with van der Waals surface area (Å²) in [4.78, 5) is 19.0. The molecule has 1 aliphatic heterocycles. The highest BCUT2D eigenvalue weighted by molar-refractivity contribution is 7.15. The number of rotatable bonds is 1. The lowest BCUT2D eigenvalue weighted by Crippen LogP contribution is -2.27. The molecule has 1 aliphatic rings. The van der Waals surface area contributed by atoms with Crippen molar-refractivity contribution in [3.63, 3.8) is 0 Å². The molecule has 3 heterocycles. The molecule has 0 unspecified atom stereocenters. The molecule has 0 atom stereocenters. The molecule has 0 aliphatic carbocycles. The van der Waals surface area contributed by atoms with Crippen molar-refractivity contribution in [2.75, 3.05) is 13.1 Å². The minimum atomic E-state index is 0.0726. The number of likely N-dealkylation sites (tertiary alicyclic amines) is 1. The van der Waals surface area contributed by atoms with Crippen LogP contribution in [0.25, 0.3) is 4.96 Å². The first-order valence-corrected chi connectivity index (χ1v) is 5.94. The highest BCUT2D eigenvalue weighted by Crippen LogP contribution is 2.15. The van der Waals surface area contributed by atoms with E-state index < -0.39 is 0 Å². The van der Waals surface area contributed by atoms with Crippen LogP contribution in [0.2, 0.25) is 0 Å². The Labute approximate surface area is 91.1 Å². The van der Waals surface area contributed by atoms with Crippen LogP contribution in [0.1, 0.15) is 23.3 Å². The molecular formula is C10H11N3OS. The van der Waals surface area contributed by atoms with E-state index in [9.17, 15) is 4.79 Å². The van der Waals surface area contributed by atoms with E-state index in [2.05, 4.69) is 4.98 Å². The van der Waals surface area contributed by atoms with Crippen molar-refractivity contribution >= 4 is 22.2 Å². The van der Waals surface area contributed by atoms with Gasteiger partial charge in [-0.25, -0.2) is 4.98 Å². The van der Waals surface area contributed by atoms with E-state index in [1.165, 1.54) is 0 Å². The zero-order valence-corrected chi connectivity index (χ0v) is 9.04. The number of hydrogen-bond acceptors (Lipinski definition) is 3. The predicted molar refractivity (Wildman–Crippen MR) is 58.2 cm³/mol. The van der Waals surface area contributed by atoms with Gasteiger partial charge in [-0.3, -0.25) is 9.20 Å². The molecule has 1 amide bonds. The summed E-state index contributed by atoms with van der Waals surface area (Å²) in [6.45, 7) is 1.76. The molecular weight excluding hydrogens is 210 g/mol. The summed E-state index contributed by atoms with van der Waals surface area (Å²) < 4.78 is 1.90. The maximum absolute atomic E-state index is 12.0. The number of nitrogens with zero attached hydrogens (tertiary/aromatic N) is 3. The summed E-state index contributed by atoms with van der Waals surface area (Å²) in [7, 11) is 0. The topological polar surface area (TPSA) is 37.6 Å². The molecule has 0 N–H and O–H groups in total. The number of imidazole rings is 1. The van der Waals surface area contributed by atoms with Gasteiger partial charge in [0.15, 0.2) is 4.96 Å². The molecule has 0 radical (unpaired) electrons. The average molecular weight is 221 g/mol. The smallest absolute Gasteiger partial charge is 0.274 e.